The van der Waals surface area contributed by atoms with Crippen molar-refractivity contribution in [2.45, 2.75) is 18.4 Å². The van der Waals surface area contributed by atoms with Crippen LogP contribution in [-0.4, -0.2) is 10.1 Å². The standard InChI is InChI=1S/C9H11NOS/c1-7-3-4-9-8(5-7)6-10-12(9,2)11/h3-5H,2,6H2,1H3,(H,10,11). The monoisotopic (exact) mass is 181 g/mol. The summed E-state index contributed by atoms with van der Waals surface area (Å²) >= 11 is 0. The molecule has 0 radical (unpaired) electrons. The molecule has 1 heterocycles. The van der Waals surface area contributed by atoms with Crippen molar-refractivity contribution in [3.8, 4) is 0 Å². The van der Waals surface area contributed by atoms with Gasteiger partial charge < -0.3 is 0 Å². The van der Waals surface area contributed by atoms with E-state index in [1.165, 1.54) is 5.56 Å². The maximum atomic E-state index is 11.7. The Morgan fingerprint density at radius 3 is 3.08 bits per heavy atom. The fraction of sp³-hybridized carbons (Fsp3) is 0.222. The Bertz CT molecular complexity index is 420. The molecule has 64 valence electrons. The van der Waals surface area contributed by atoms with Crippen LogP contribution >= 0.6 is 0 Å². The van der Waals surface area contributed by atoms with E-state index in [1.54, 1.807) is 0 Å². The van der Waals surface area contributed by atoms with Crippen molar-refractivity contribution < 1.29 is 4.21 Å². The average Bonchev–Trinajstić information content (AvgIpc) is 2.27. The topological polar surface area (TPSA) is 29.1 Å². The number of benzene rings is 1. The summed E-state index contributed by atoms with van der Waals surface area (Å²) in [7, 11) is -2.17. The summed E-state index contributed by atoms with van der Waals surface area (Å²) < 4.78 is 14.6. The summed E-state index contributed by atoms with van der Waals surface area (Å²) in [5.74, 6) is 3.66. The Labute approximate surface area is 72.8 Å². The van der Waals surface area contributed by atoms with E-state index in [9.17, 15) is 4.21 Å². The van der Waals surface area contributed by atoms with E-state index in [0.29, 0.717) is 6.54 Å². The van der Waals surface area contributed by atoms with Gasteiger partial charge in [-0.3, -0.25) is 0 Å². The van der Waals surface area contributed by atoms with Crippen molar-refractivity contribution in [1.82, 2.24) is 4.72 Å². The zero-order chi connectivity index (χ0) is 8.77. The van der Waals surface area contributed by atoms with E-state index in [-0.39, 0.29) is 0 Å². The first-order chi connectivity index (χ1) is 5.59. The molecule has 12 heavy (non-hydrogen) atoms. The smallest absolute Gasteiger partial charge is 0.0539 e. The molecule has 0 amide bonds. The van der Waals surface area contributed by atoms with Crippen LogP contribution in [-0.2, 0) is 16.3 Å². The summed E-state index contributed by atoms with van der Waals surface area (Å²) in [4.78, 5) is 0.869. The van der Waals surface area contributed by atoms with Crippen LogP contribution in [0.15, 0.2) is 23.1 Å². The number of nitrogens with one attached hydrogen (secondary N) is 1. The molecule has 1 aromatic carbocycles. The van der Waals surface area contributed by atoms with Crippen molar-refractivity contribution in [3.05, 3.63) is 29.3 Å². The van der Waals surface area contributed by atoms with Gasteiger partial charge in [-0.1, -0.05) is 17.7 Å². The summed E-state index contributed by atoms with van der Waals surface area (Å²) in [6.45, 7) is 2.71. The minimum Gasteiger partial charge on any atom is -0.248 e. The first-order valence-corrected chi connectivity index (χ1v) is 5.54. The van der Waals surface area contributed by atoms with Gasteiger partial charge in [0.1, 0.15) is 0 Å². The van der Waals surface area contributed by atoms with Gasteiger partial charge in [-0.15, -0.1) is 0 Å². The van der Waals surface area contributed by atoms with Crippen LogP contribution in [0.25, 0.3) is 0 Å². The van der Waals surface area contributed by atoms with Gasteiger partial charge in [-0.25, -0.2) is 8.93 Å². The van der Waals surface area contributed by atoms with Gasteiger partial charge in [0.05, 0.1) is 9.71 Å². The first-order valence-electron chi connectivity index (χ1n) is 3.81. The van der Waals surface area contributed by atoms with Gasteiger partial charge in [0.25, 0.3) is 0 Å². The van der Waals surface area contributed by atoms with Crippen LogP contribution in [0.3, 0.4) is 0 Å². The Kier molecular flexibility index (Phi) is 1.53. The maximum absolute atomic E-state index is 11.7. The van der Waals surface area contributed by atoms with Gasteiger partial charge in [0.2, 0.25) is 0 Å². The summed E-state index contributed by atoms with van der Waals surface area (Å²) in [6.07, 6.45) is 0. The second-order valence-corrected chi connectivity index (χ2v) is 5.19. The molecule has 0 aliphatic carbocycles. The second kappa shape index (κ2) is 2.34. The molecular weight excluding hydrogens is 170 g/mol. The van der Waals surface area contributed by atoms with Gasteiger partial charge in [-0.2, -0.15) is 0 Å². The number of hydrogen-bond donors (Lipinski definition) is 1. The normalized spacial score (nSPS) is 27.1. The summed E-state index contributed by atoms with van der Waals surface area (Å²) in [5.41, 5.74) is 2.32. The SMILES string of the molecule is C=S1(=O)NCc2cc(C)ccc21. The molecular formula is C9H11NOS. The van der Waals surface area contributed by atoms with Gasteiger partial charge in [0, 0.05) is 11.4 Å². The highest BCUT2D eigenvalue weighted by molar-refractivity contribution is 7.98. The third-order valence-electron chi connectivity index (χ3n) is 2.07. The molecule has 0 fully saturated rings. The van der Waals surface area contributed by atoms with Gasteiger partial charge in [0.15, 0.2) is 0 Å². The molecule has 0 saturated heterocycles. The van der Waals surface area contributed by atoms with Crippen molar-refractivity contribution in [2.75, 3.05) is 0 Å². The lowest BCUT2D eigenvalue weighted by atomic mass is 10.1. The molecule has 1 aromatic rings. The fourth-order valence-corrected chi connectivity index (χ4v) is 2.83. The quantitative estimate of drug-likeness (QED) is 0.596. The van der Waals surface area contributed by atoms with E-state index in [4.69, 9.17) is 0 Å². The number of aryl methyl sites for hydroxylation is 1. The summed E-state index contributed by atoms with van der Waals surface area (Å²) in [6, 6.07) is 5.93. The molecule has 1 aliphatic heterocycles. The van der Waals surface area contributed by atoms with E-state index in [2.05, 4.69) is 16.7 Å². The molecule has 0 bridgehead atoms. The van der Waals surface area contributed by atoms with E-state index < -0.39 is 9.71 Å². The van der Waals surface area contributed by atoms with Crippen LogP contribution in [0.2, 0.25) is 0 Å². The first kappa shape index (κ1) is 7.83. The Balaban J connectivity index is 2.71. The van der Waals surface area contributed by atoms with Crippen LogP contribution in [0.4, 0.5) is 0 Å². The lowest BCUT2D eigenvalue weighted by molar-refractivity contribution is 0.676. The average molecular weight is 181 g/mol. The zero-order valence-electron chi connectivity index (χ0n) is 6.96. The van der Waals surface area contributed by atoms with Crippen molar-refractivity contribution in [2.24, 2.45) is 0 Å². The predicted molar refractivity (Wildman–Crippen MR) is 51.5 cm³/mol. The second-order valence-electron chi connectivity index (χ2n) is 3.11. The van der Waals surface area contributed by atoms with Crippen molar-refractivity contribution in [3.63, 3.8) is 0 Å². The van der Waals surface area contributed by atoms with E-state index in [0.717, 1.165) is 10.5 Å². The predicted octanol–water partition coefficient (Wildman–Crippen LogP) is 1.09. The highest BCUT2D eigenvalue weighted by atomic mass is 32.2. The third kappa shape index (κ3) is 1.06. The lowest BCUT2D eigenvalue weighted by Gasteiger charge is -2.00. The van der Waals surface area contributed by atoms with Crippen molar-refractivity contribution in [1.29, 1.82) is 0 Å². The largest absolute Gasteiger partial charge is 0.248 e. The van der Waals surface area contributed by atoms with Gasteiger partial charge in [-0.05, 0) is 24.4 Å². The molecule has 2 nitrogen and oxygen atoms in total. The van der Waals surface area contributed by atoms with Gasteiger partial charge >= 0.3 is 0 Å². The fourth-order valence-electron chi connectivity index (χ4n) is 1.44. The highest BCUT2D eigenvalue weighted by Crippen LogP contribution is 2.22. The summed E-state index contributed by atoms with van der Waals surface area (Å²) in [5, 5.41) is 0. The molecule has 0 aromatic heterocycles. The van der Waals surface area contributed by atoms with Crippen molar-refractivity contribution >= 4 is 15.6 Å². The third-order valence-corrected chi connectivity index (χ3v) is 3.79. The maximum Gasteiger partial charge on any atom is 0.0539 e. The zero-order valence-corrected chi connectivity index (χ0v) is 7.78. The number of hydrogen-bond acceptors (Lipinski definition) is 1. The van der Waals surface area contributed by atoms with Crippen LogP contribution < -0.4 is 4.72 Å². The van der Waals surface area contributed by atoms with Crippen LogP contribution in [0.1, 0.15) is 11.1 Å². The molecule has 2 rings (SSSR count). The molecule has 1 aliphatic rings. The van der Waals surface area contributed by atoms with Crippen LogP contribution in [0, 0.1) is 6.92 Å². The molecule has 0 spiro atoms. The number of fused-ring (bicyclic) bond motifs is 1. The lowest BCUT2D eigenvalue weighted by Crippen LogP contribution is -2.13. The molecule has 1 unspecified atom stereocenters. The molecule has 3 heteroatoms. The Morgan fingerprint density at radius 2 is 2.33 bits per heavy atom. The van der Waals surface area contributed by atoms with E-state index >= 15 is 0 Å². The van der Waals surface area contributed by atoms with Crippen LogP contribution in [0.5, 0.6) is 0 Å². The minimum absolute atomic E-state index is 0.680. The molecule has 0 saturated carbocycles. The highest BCUT2D eigenvalue weighted by Gasteiger charge is 2.19. The number of rotatable bonds is 0. The Morgan fingerprint density at radius 1 is 1.58 bits per heavy atom. The Hall–Kier alpha value is -0.800. The molecule has 1 atom stereocenters. The minimum atomic E-state index is -2.17. The van der Waals surface area contributed by atoms with E-state index in [1.807, 2.05) is 19.1 Å². The molecule has 1 N–H and O–H groups in total.